The molecule has 0 aromatic heterocycles. The molecule has 0 radical (unpaired) electrons. The maximum atomic E-state index is 12.0. The topological polar surface area (TPSA) is 64.8 Å². The van der Waals surface area contributed by atoms with Crippen LogP contribution in [0.1, 0.15) is 12.5 Å². The van der Waals surface area contributed by atoms with Crippen molar-refractivity contribution in [3.63, 3.8) is 0 Å². The predicted octanol–water partition coefficient (Wildman–Crippen LogP) is 1.68. The maximum Gasteiger partial charge on any atom is 0.226 e. The molecule has 0 bridgehead atoms. The fourth-order valence-corrected chi connectivity index (χ4v) is 1.79. The van der Waals surface area contributed by atoms with Gasteiger partial charge in [-0.05, 0) is 17.7 Å². The van der Waals surface area contributed by atoms with Crippen LogP contribution in [0.5, 0.6) is 11.5 Å². The lowest BCUT2D eigenvalue weighted by molar-refractivity contribution is -0.133. The Labute approximate surface area is 126 Å². The lowest BCUT2D eigenvalue weighted by Crippen LogP contribution is -2.34. The Morgan fingerprint density at radius 2 is 1.75 bits per heavy atom. The molecule has 1 amide bonds. The minimum Gasteiger partial charge on any atom is -0.497 e. The molecule has 0 fully saturated rings. The van der Waals surface area contributed by atoms with Crippen molar-refractivity contribution in [1.29, 1.82) is 0 Å². The highest BCUT2D eigenvalue weighted by Crippen LogP contribution is 2.23. The van der Waals surface area contributed by atoms with Crippen LogP contribution in [0, 0.1) is 5.92 Å². The summed E-state index contributed by atoms with van der Waals surface area (Å²) in [7, 11) is 4.97. The average molecular weight is 303 g/mol. The third-order valence-electron chi connectivity index (χ3n) is 2.98. The third-order valence-corrected chi connectivity index (χ3v) is 2.98. The number of methoxy groups -OCH3 is 2. The number of amides is 1. The first-order valence-electron chi connectivity index (χ1n) is 6.18. The zero-order valence-electron chi connectivity index (χ0n) is 12.4. The summed E-state index contributed by atoms with van der Waals surface area (Å²) < 4.78 is 10.4. The van der Waals surface area contributed by atoms with E-state index in [1.807, 2.05) is 19.1 Å². The van der Waals surface area contributed by atoms with Crippen LogP contribution in [-0.4, -0.2) is 38.6 Å². The van der Waals surface area contributed by atoms with Gasteiger partial charge in [0, 0.05) is 32.1 Å². The second kappa shape index (κ2) is 8.66. The number of halogens is 1. The number of carbonyl (C=O) groups excluding carboxylic acids is 1. The number of nitrogens with zero attached hydrogens (tertiary/aromatic N) is 1. The minimum absolute atomic E-state index is 0. The van der Waals surface area contributed by atoms with E-state index in [1.54, 1.807) is 32.2 Å². The van der Waals surface area contributed by atoms with Crippen molar-refractivity contribution in [3.8, 4) is 11.5 Å². The van der Waals surface area contributed by atoms with Crippen LogP contribution in [-0.2, 0) is 11.3 Å². The molecule has 114 valence electrons. The van der Waals surface area contributed by atoms with Gasteiger partial charge < -0.3 is 20.1 Å². The summed E-state index contributed by atoms with van der Waals surface area (Å²) in [5.74, 6) is 1.28. The van der Waals surface area contributed by atoms with Gasteiger partial charge in [0.1, 0.15) is 11.5 Å². The quantitative estimate of drug-likeness (QED) is 0.868. The molecule has 1 aromatic rings. The van der Waals surface area contributed by atoms with E-state index in [0.29, 0.717) is 24.6 Å². The SMILES string of the molecule is COc1cc(CN(C)C(=O)C(C)CN)cc(OC)c1.Cl. The van der Waals surface area contributed by atoms with E-state index < -0.39 is 0 Å². The molecule has 5 nitrogen and oxygen atoms in total. The number of hydrogen-bond donors (Lipinski definition) is 1. The summed E-state index contributed by atoms with van der Waals surface area (Å²) in [6.45, 7) is 2.67. The molecule has 0 heterocycles. The summed E-state index contributed by atoms with van der Waals surface area (Å²) in [5.41, 5.74) is 6.46. The minimum atomic E-state index is -0.169. The number of nitrogens with two attached hydrogens (primary N) is 1. The lowest BCUT2D eigenvalue weighted by Gasteiger charge is -2.21. The Kier molecular flexibility index (Phi) is 8.03. The van der Waals surface area contributed by atoms with E-state index in [2.05, 4.69) is 0 Å². The fourth-order valence-electron chi connectivity index (χ4n) is 1.79. The van der Waals surface area contributed by atoms with E-state index in [-0.39, 0.29) is 24.2 Å². The lowest BCUT2D eigenvalue weighted by atomic mass is 10.1. The van der Waals surface area contributed by atoms with Crippen molar-refractivity contribution in [2.24, 2.45) is 11.7 Å². The van der Waals surface area contributed by atoms with Crippen LogP contribution in [0.4, 0.5) is 0 Å². The molecular weight excluding hydrogens is 280 g/mol. The van der Waals surface area contributed by atoms with Gasteiger partial charge in [0.25, 0.3) is 0 Å². The number of hydrogen-bond acceptors (Lipinski definition) is 4. The zero-order valence-corrected chi connectivity index (χ0v) is 13.2. The van der Waals surface area contributed by atoms with Crippen molar-refractivity contribution in [2.45, 2.75) is 13.5 Å². The van der Waals surface area contributed by atoms with Gasteiger partial charge in [-0.1, -0.05) is 6.92 Å². The first-order valence-corrected chi connectivity index (χ1v) is 6.18. The molecule has 20 heavy (non-hydrogen) atoms. The Balaban J connectivity index is 0.00000361. The Morgan fingerprint density at radius 1 is 1.25 bits per heavy atom. The highest BCUT2D eigenvalue weighted by molar-refractivity contribution is 5.85. The first-order chi connectivity index (χ1) is 9.01. The van der Waals surface area contributed by atoms with Crippen LogP contribution < -0.4 is 15.2 Å². The molecule has 6 heteroatoms. The molecule has 0 aliphatic carbocycles. The molecule has 1 aromatic carbocycles. The molecule has 1 rings (SSSR count). The fraction of sp³-hybridized carbons (Fsp3) is 0.500. The van der Waals surface area contributed by atoms with E-state index in [0.717, 1.165) is 5.56 Å². The Bertz CT molecular complexity index is 418. The molecule has 0 saturated heterocycles. The second-order valence-electron chi connectivity index (χ2n) is 4.55. The van der Waals surface area contributed by atoms with Crippen molar-refractivity contribution < 1.29 is 14.3 Å². The van der Waals surface area contributed by atoms with Crippen LogP contribution in [0.25, 0.3) is 0 Å². The predicted molar refractivity (Wildman–Crippen MR) is 81.5 cm³/mol. The molecule has 0 spiro atoms. The molecule has 2 N–H and O–H groups in total. The van der Waals surface area contributed by atoms with Gasteiger partial charge in [-0.25, -0.2) is 0 Å². The van der Waals surface area contributed by atoms with Gasteiger partial charge in [-0.2, -0.15) is 0 Å². The monoisotopic (exact) mass is 302 g/mol. The zero-order chi connectivity index (χ0) is 14.4. The second-order valence-corrected chi connectivity index (χ2v) is 4.55. The number of carbonyl (C=O) groups is 1. The standard InChI is InChI=1S/C14H22N2O3.ClH/c1-10(8-15)14(17)16(2)9-11-5-12(18-3)7-13(6-11)19-4;/h5-7,10H,8-9,15H2,1-4H3;1H. The van der Waals surface area contributed by atoms with E-state index >= 15 is 0 Å². The van der Waals surface area contributed by atoms with Crippen molar-refractivity contribution >= 4 is 18.3 Å². The normalized spacial score (nSPS) is 11.2. The molecule has 1 atom stereocenters. The maximum absolute atomic E-state index is 12.0. The van der Waals surface area contributed by atoms with Gasteiger partial charge in [-0.3, -0.25) is 4.79 Å². The van der Waals surface area contributed by atoms with Crippen molar-refractivity contribution in [2.75, 3.05) is 27.8 Å². The van der Waals surface area contributed by atoms with Gasteiger partial charge in [0.2, 0.25) is 5.91 Å². The van der Waals surface area contributed by atoms with Crippen LogP contribution in [0.2, 0.25) is 0 Å². The molecule has 1 unspecified atom stereocenters. The van der Waals surface area contributed by atoms with Crippen molar-refractivity contribution in [3.05, 3.63) is 23.8 Å². The highest BCUT2D eigenvalue weighted by Gasteiger charge is 2.16. The summed E-state index contributed by atoms with van der Waals surface area (Å²) in [4.78, 5) is 13.6. The smallest absolute Gasteiger partial charge is 0.226 e. The van der Waals surface area contributed by atoms with Crippen LogP contribution in [0.15, 0.2) is 18.2 Å². The van der Waals surface area contributed by atoms with E-state index in [4.69, 9.17) is 15.2 Å². The van der Waals surface area contributed by atoms with Crippen LogP contribution >= 0.6 is 12.4 Å². The number of benzene rings is 1. The van der Waals surface area contributed by atoms with Gasteiger partial charge in [0.15, 0.2) is 0 Å². The van der Waals surface area contributed by atoms with Gasteiger partial charge >= 0.3 is 0 Å². The Hall–Kier alpha value is -1.46. The number of ether oxygens (including phenoxy) is 2. The van der Waals surface area contributed by atoms with Crippen molar-refractivity contribution in [1.82, 2.24) is 4.90 Å². The third kappa shape index (κ3) is 4.90. The van der Waals surface area contributed by atoms with Gasteiger partial charge in [0.05, 0.1) is 14.2 Å². The summed E-state index contributed by atoms with van der Waals surface area (Å²) in [5, 5.41) is 0. The Morgan fingerprint density at radius 3 is 2.15 bits per heavy atom. The summed E-state index contributed by atoms with van der Waals surface area (Å²) >= 11 is 0. The van der Waals surface area contributed by atoms with E-state index in [9.17, 15) is 4.79 Å². The molecular formula is C14H23ClN2O3. The average Bonchev–Trinajstić information content (AvgIpc) is 2.44. The molecule has 0 aliphatic heterocycles. The first kappa shape index (κ1) is 18.5. The largest absolute Gasteiger partial charge is 0.497 e. The molecule has 0 saturated carbocycles. The summed E-state index contributed by atoms with van der Waals surface area (Å²) in [6, 6.07) is 5.58. The number of rotatable bonds is 6. The summed E-state index contributed by atoms with van der Waals surface area (Å²) in [6.07, 6.45) is 0. The van der Waals surface area contributed by atoms with Crippen LogP contribution in [0.3, 0.4) is 0 Å². The highest BCUT2D eigenvalue weighted by atomic mass is 35.5. The van der Waals surface area contributed by atoms with Gasteiger partial charge in [-0.15, -0.1) is 12.4 Å². The molecule has 0 aliphatic rings. The van der Waals surface area contributed by atoms with E-state index in [1.165, 1.54) is 0 Å².